The number of carbonyl (C=O) groups excluding carboxylic acids is 1. The van der Waals surface area contributed by atoms with E-state index >= 15 is 0 Å². The van der Waals surface area contributed by atoms with E-state index in [0.717, 1.165) is 89.1 Å². The standard InChI is InChI=1S/C89H58N10O2/c1-3-69-82(89(100)101-4-2)95-85-83(90-69)84-86(92-79(54-39-47-58(48-40-54)97-72-31-15-7-23-63(72)64-24-8-16-32-73(64)97)78(91-84)53-37-45-57(46-38-53)96-70-29-13-5-21-61(70)62-22-6-14-30-71(62)96)88-87(85)93-80(55-41-49-59(50-42-55)98-74-33-17-9-25-65(74)66-26-10-18-34-75(66)98)81(94-88)56-43-51-60(52-44-56)99-76-35-19-11-27-67(76)68-28-12-20-36-77(68)99/h5-52H,3-4H2,1-2H3. The number of nitrogens with zero attached hydrogens (tertiary/aromatic N) is 10. The summed E-state index contributed by atoms with van der Waals surface area (Å²) in [7, 11) is 0. The van der Waals surface area contributed by atoms with Gasteiger partial charge in [-0.15, -0.1) is 0 Å². The van der Waals surface area contributed by atoms with Crippen LogP contribution in [-0.2, 0) is 11.2 Å². The van der Waals surface area contributed by atoms with Crippen LogP contribution in [0.3, 0.4) is 0 Å². The van der Waals surface area contributed by atoms with E-state index in [1.54, 1.807) is 6.92 Å². The Morgan fingerprint density at radius 2 is 0.475 bits per heavy atom. The molecule has 0 amide bonds. The van der Waals surface area contributed by atoms with Gasteiger partial charge in [0.15, 0.2) is 5.69 Å². The van der Waals surface area contributed by atoms with Gasteiger partial charge in [0.05, 0.1) is 79.2 Å². The van der Waals surface area contributed by atoms with Gasteiger partial charge in [0.1, 0.15) is 33.1 Å². The average Bonchev–Trinajstić information content (AvgIpc) is 1.69. The highest BCUT2D eigenvalue weighted by atomic mass is 16.5. The summed E-state index contributed by atoms with van der Waals surface area (Å²) < 4.78 is 15.0. The lowest BCUT2D eigenvalue weighted by molar-refractivity contribution is 0.0518. The van der Waals surface area contributed by atoms with Crippen molar-refractivity contribution in [2.75, 3.05) is 6.61 Å². The summed E-state index contributed by atoms with van der Waals surface area (Å²) in [6.07, 6.45) is 0.385. The molecule has 12 heteroatoms. The number of benzene rings is 13. The lowest BCUT2D eigenvalue weighted by Crippen LogP contribution is -2.13. The van der Waals surface area contributed by atoms with Crippen molar-refractivity contribution in [2.24, 2.45) is 0 Å². The smallest absolute Gasteiger partial charge is 0.358 e. The Kier molecular flexibility index (Phi) is 13.1. The molecule has 0 fully saturated rings. The van der Waals surface area contributed by atoms with Gasteiger partial charge in [0.2, 0.25) is 0 Å². The quantitative estimate of drug-likeness (QED) is 0.0927. The van der Waals surface area contributed by atoms with Crippen LogP contribution in [0.15, 0.2) is 291 Å². The van der Waals surface area contributed by atoms with Crippen molar-refractivity contribution in [2.45, 2.75) is 20.3 Å². The van der Waals surface area contributed by atoms with Gasteiger partial charge in [0, 0.05) is 88.1 Å². The van der Waals surface area contributed by atoms with Crippen LogP contribution in [0, 0.1) is 0 Å². The topological polar surface area (TPSA) is 123 Å². The van der Waals surface area contributed by atoms with E-state index in [1.165, 1.54) is 43.1 Å². The van der Waals surface area contributed by atoms with Crippen LogP contribution < -0.4 is 0 Å². The van der Waals surface area contributed by atoms with Crippen LogP contribution in [0.1, 0.15) is 30.0 Å². The first-order chi connectivity index (χ1) is 49.9. The molecule has 0 bridgehead atoms. The molecular formula is C89H58N10O2. The molecule has 13 aromatic carbocycles. The number of ether oxygens (including phenoxy) is 1. The number of hydrogen-bond acceptors (Lipinski definition) is 8. The minimum Gasteiger partial charge on any atom is -0.461 e. The second-order valence-electron chi connectivity index (χ2n) is 25.7. The third kappa shape index (κ3) is 8.91. The van der Waals surface area contributed by atoms with Crippen LogP contribution in [0.5, 0.6) is 0 Å². The fourth-order valence-corrected chi connectivity index (χ4v) is 15.6. The van der Waals surface area contributed by atoms with Crippen LogP contribution >= 0.6 is 0 Å². The van der Waals surface area contributed by atoms with Crippen LogP contribution in [-0.4, -0.2) is 60.7 Å². The molecule has 0 saturated heterocycles. The summed E-state index contributed by atoms with van der Waals surface area (Å²) in [4.78, 5) is 48.4. The number of aromatic nitrogens is 10. The summed E-state index contributed by atoms with van der Waals surface area (Å²) in [6.45, 7) is 3.92. The van der Waals surface area contributed by atoms with E-state index in [2.05, 4.69) is 309 Å². The number of para-hydroxylation sites is 8. The molecular weight excluding hydrogens is 1240 g/mol. The van der Waals surface area contributed by atoms with Crippen molar-refractivity contribution >= 4 is 126 Å². The first kappa shape index (κ1) is 57.8. The molecule has 12 nitrogen and oxygen atoms in total. The molecule has 0 spiro atoms. The SMILES string of the molecule is CCOC(=O)c1nc2c(nc1CC)c1nc(-c3ccc(-n4c5ccccc5c5ccccc54)cc3)c(-c3ccc(-n4c5ccccc5c5ccccc54)cc3)nc1c1nc(-c3ccc(-n4c5ccccc5c5ccccc54)cc3)c(-c3ccc(-n4c5ccccc5c5ccccc54)cc3)nc21. The Hall–Kier alpha value is -13.5. The van der Waals surface area contributed by atoms with Crippen LogP contribution in [0.2, 0.25) is 0 Å². The van der Waals surface area contributed by atoms with E-state index in [-0.39, 0.29) is 12.3 Å². The molecule has 0 N–H and O–H groups in total. The lowest BCUT2D eigenvalue weighted by Gasteiger charge is -2.17. The van der Waals surface area contributed by atoms with Crippen molar-refractivity contribution in [1.82, 2.24) is 48.2 Å². The number of hydrogen-bond donors (Lipinski definition) is 0. The van der Waals surface area contributed by atoms with E-state index in [0.29, 0.717) is 68.0 Å². The predicted octanol–water partition coefficient (Wildman–Crippen LogP) is 21.3. The highest BCUT2D eigenvalue weighted by molar-refractivity contribution is 6.20. The van der Waals surface area contributed by atoms with Gasteiger partial charge in [0.25, 0.3) is 0 Å². The average molecular weight is 1300 g/mol. The summed E-state index contributed by atoms with van der Waals surface area (Å²) >= 11 is 0. The fourth-order valence-electron chi connectivity index (χ4n) is 15.6. The zero-order chi connectivity index (χ0) is 67.0. The monoisotopic (exact) mass is 1300 g/mol. The Labute approximate surface area is 577 Å². The maximum absolute atomic E-state index is 14.3. The highest BCUT2D eigenvalue weighted by Crippen LogP contribution is 2.43. The first-order valence-corrected chi connectivity index (χ1v) is 34.2. The van der Waals surface area contributed by atoms with Crippen molar-refractivity contribution in [3.8, 4) is 67.8 Å². The molecule has 7 aromatic heterocycles. The van der Waals surface area contributed by atoms with Crippen molar-refractivity contribution in [3.63, 3.8) is 0 Å². The van der Waals surface area contributed by atoms with E-state index in [9.17, 15) is 4.79 Å². The summed E-state index contributed by atoms with van der Waals surface area (Å²) in [5.74, 6) is -0.574. The van der Waals surface area contributed by atoms with Crippen molar-refractivity contribution < 1.29 is 9.53 Å². The van der Waals surface area contributed by atoms with Crippen molar-refractivity contribution in [3.05, 3.63) is 303 Å². The minimum absolute atomic E-state index is 0.111. The van der Waals surface area contributed by atoms with Gasteiger partial charge >= 0.3 is 5.97 Å². The van der Waals surface area contributed by atoms with Gasteiger partial charge in [-0.05, 0) is 110 Å². The Morgan fingerprint density at radius 3 is 0.693 bits per heavy atom. The maximum atomic E-state index is 14.3. The summed E-state index contributed by atoms with van der Waals surface area (Å²) in [6, 6.07) is 103. The Bertz CT molecular complexity index is 6610. The first-order valence-electron chi connectivity index (χ1n) is 34.2. The second-order valence-corrected chi connectivity index (χ2v) is 25.7. The molecule has 20 aromatic rings. The summed E-state index contributed by atoms with van der Waals surface area (Å²) in [5, 5.41) is 9.44. The summed E-state index contributed by atoms with van der Waals surface area (Å²) in [5.41, 5.74) is 21.8. The molecule has 0 saturated carbocycles. The molecule has 20 rings (SSSR count). The molecule has 0 aliphatic heterocycles. The Balaban J connectivity index is 0.850. The number of fused-ring (bicyclic) bond motifs is 18. The highest BCUT2D eigenvalue weighted by Gasteiger charge is 2.28. The number of aryl methyl sites for hydroxylation is 1. The fraction of sp³-hybridized carbons (Fsp3) is 0.0449. The zero-order valence-corrected chi connectivity index (χ0v) is 54.9. The van der Waals surface area contributed by atoms with Crippen LogP contribution in [0.4, 0.5) is 0 Å². The van der Waals surface area contributed by atoms with Crippen LogP contribution in [0.25, 0.3) is 188 Å². The molecule has 0 radical (unpaired) electrons. The minimum atomic E-state index is -0.574. The van der Waals surface area contributed by atoms with E-state index in [1.807, 2.05) is 6.92 Å². The molecule has 476 valence electrons. The third-order valence-corrected chi connectivity index (χ3v) is 20.2. The molecule has 0 aliphatic carbocycles. The zero-order valence-electron chi connectivity index (χ0n) is 54.9. The molecule has 7 heterocycles. The van der Waals surface area contributed by atoms with Crippen molar-refractivity contribution in [1.29, 1.82) is 0 Å². The number of esters is 1. The second kappa shape index (κ2) is 22.8. The largest absolute Gasteiger partial charge is 0.461 e. The molecule has 0 unspecified atom stereocenters. The maximum Gasteiger partial charge on any atom is 0.358 e. The lowest BCUT2D eigenvalue weighted by atomic mass is 10.0. The van der Waals surface area contributed by atoms with Gasteiger partial charge in [-0.2, -0.15) is 0 Å². The molecule has 0 atom stereocenters. The van der Waals surface area contributed by atoms with Gasteiger partial charge < -0.3 is 23.0 Å². The molecule has 0 aliphatic rings. The predicted molar refractivity (Wildman–Crippen MR) is 410 cm³/mol. The van der Waals surface area contributed by atoms with Gasteiger partial charge in [-0.25, -0.2) is 34.7 Å². The number of carbonyl (C=O) groups is 1. The third-order valence-electron chi connectivity index (χ3n) is 20.2. The van der Waals surface area contributed by atoms with E-state index in [4.69, 9.17) is 34.6 Å². The van der Waals surface area contributed by atoms with E-state index < -0.39 is 5.97 Å². The molecule has 101 heavy (non-hydrogen) atoms. The van der Waals surface area contributed by atoms with Gasteiger partial charge in [-0.1, -0.05) is 201 Å². The Morgan fingerprint density at radius 1 is 0.267 bits per heavy atom. The number of rotatable bonds is 11. The normalized spacial score (nSPS) is 12.0. The van der Waals surface area contributed by atoms with Gasteiger partial charge in [-0.3, -0.25) is 0 Å².